The van der Waals surface area contributed by atoms with Crippen LogP contribution >= 0.6 is 0 Å². The molecule has 0 spiro atoms. The second-order valence-corrected chi connectivity index (χ2v) is 3.39. The van der Waals surface area contributed by atoms with Gasteiger partial charge in [0.2, 0.25) is 0 Å². The number of hydrogen-bond donors (Lipinski definition) is 1. The van der Waals surface area contributed by atoms with Gasteiger partial charge in [-0.05, 0) is 25.2 Å². The molecule has 1 fully saturated rings. The molecule has 1 rings (SSSR count). The minimum absolute atomic E-state index is 0.306. The Morgan fingerprint density at radius 1 is 1.60 bits per heavy atom. The van der Waals surface area contributed by atoms with Gasteiger partial charge in [-0.2, -0.15) is 0 Å². The van der Waals surface area contributed by atoms with Crippen molar-refractivity contribution >= 4 is 0 Å². The molecule has 0 radical (unpaired) electrons. The van der Waals surface area contributed by atoms with Gasteiger partial charge in [-0.3, -0.25) is 0 Å². The highest BCUT2D eigenvalue weighted by atomic mass is 14.7. The first-order chi connectivity index (χ1) is 4.69. The molecule has 0 aromatic carbocycles. The monoisotopic (exact) mass is 137 g/mol. The van der Waals surface area contributed by atoms with Crippen molar-refractivity contribution in [2.45, 2.75) is 39.2 Å². The fourth-order valence-electron chi connectivity index (χ4n) is 1.03. The van der Waals surface area contributed by atoms with Crippen molar-refractivity contribution in [3.05, 3.63) is 0 Å². The van der Waals surface area contributed by atoms with Gasteiger partial charge < -0.3 is 5.73 Å². The van der Waals surface area contributed by atoms with Crippen molar-refractivity contribution in [1.29, 1.82) is 0 Å². The topological polar surface area (TPSA) is 26.0 Å². The Morgan fingerprint density at radius 2 is 2.20 bits per heavy atom. The number of hydrogen-bond acceptors (Lipinski definition) is 1. The lowest BCUT2D eigenvalue weighted by Gasteiger charge is -2.14. The van der Waals surface area contributed by atoms with Gasteiger partial charge >= 0.3 is 0 Å². The van der Waals surface area contributed by atoms with E-state index in [1.165, 1.54) is 12.8 Å². The Bertz CT molecular complexity index is 169. The maximum Gasteiger partial charge on any atom is 0.0246 e. The van der Waals surface area contributed by atoms with Gasteiger partial charge in [-0.1, -0.05) is 6.92 Å². The summed E-state index contributed by atoms with van der Waals surface area (Å²) in [6.45, 7) is 4.11. The van der Waals surface area contributed by atoms with Gasteiger partial charge in [0.25, 0.3) is 0 Å². The van der Waals surface area contributed by atoms with E-state index in [1.54, 1.807) is 0 Å². The Kier molecular flexibility index (Phi) is 2.01. The molecule has 56 valence electrons. The first-order valence-corrected chi connectivity index (χ1v) is 3.84. The van der Waals surface area contributed by atoms with Crippen LogP contribution in [0.2, 0.25) is 0 Å². The van der Waals surface area contributed by atoms with E-state index in [0.29, 0.717) is 11.5 Å². The number of rotatable bonds is 2. The highest BCUT2D eigenvalue weighted by Gasteiger charge is 2.42. The Labute approximate surface area is 63.0 Å². The molecule has 2 N–H and O–H groups in total. The molecule has 1 aliphatic rings. The van der Waals surface area contributed by atoms with Crippen molar-refractivity contribution in [3.8, 4) is 11.8 Å². The van der Waals surface area contributed by atoms with Gasteiger partial charge in [-0.15, -0.1) is 11.8 Å². The van der Waals surface area contributed by atoms with Crippen LogP contribution in [-0.4, -0.2) is 6.04 Å². The van der Waals surface area contributed by atoms with Crippen LogP contribution in [0.25, 0.3) is 0 Å². The summed E-state index contributed by atoms with van der Waals surface area (Å²) >= 11 is 0. The van der Waals surface area contributed by atoms with E-state index >= 15 is 0 Å². The van der Waals surface area contributed by atoms with Crippen molar-refractivity contribution in [3.63, 3.8) is 0 Å². The summed E-state index contributed by atoms with van der Waals surface area (Å²) in [5.74, 6) is 5.89. The van der Waals surface area contributed by atoms with Crippen molar-refractivity contribution in [2.75, 3.05) is 0 Å². The summed E-state index contributed by atoms with van der Waals surface area (Å²) in [5.41, 5.74) is 6.33. The summed E-state index contributed by atoms with van der Waals surface area (Å²) in [5, 5.41) is 0. The van der Waals surface area contributed by atoms with E-state index < -0.39 is 0 Å². The molecule has 1 atom stereocenters. The second-order valence-electron chi connectivity index (χ2n) is 3.39. The summed E-state index contributed by atoms with van der Waals surface area (Å²) in [6.07, 6.45) is 3.45. The van der Waals surface area contributed by atoms with Crippen LogP contribution in [0.4, 0.5) is 0 Å². The van der Waals surface area contributed by atoms with E-state index in [1.807, 2.05) is 6.92 Å². The van der Waals surface area contributed by atoms with Crippen molar-refractivity contribution < 1.29 is 0 Å². The average Bonchev–Trinajstić information content (AvgIpc) is 2.64. The first kappa shape index (κ1) is 7.63. The van der Waals surface area contributed by atoms with Gasteiger partial charge in [0.15, 0.2) is 0 Å². The van der Waals surface area contributed by atoms with Crippen LogP contribution in [0.5, 0.6) is 0 Å². The van der Waals surface area contributed by atoms with Crippen LogP contribution in [0, 0.1) is 17.3 Å². The molecule has 0 saturated heterocycles. The fraction of sp³-hybridized carbons (Fsp3) is 0.778. The van der Waals surface area contributed by atoms with E-state index in [2.05, 4.69) is 18.8 Å². The minimum atomic E-state index is 0.306. The van der Waals surface area contributed by atoms with E-state index in [4.69, 9.17) is 5.73 Å². The molecule has 1 unspecified atom stereocenters. The van der Waals surface area contributed by atoms with Gasteiger partial charge in [0.1, 0.15) is 0 Å². The maximum absolute atomic E-state index is 5.90. The standard InChI is InChI=1S/C9H15N/c1-3-4-5-8(10)9(2)6-7-9/h8H,5-7,10H2,1-2H3. The normalized spacial score (nSPS) is 22.7. The average molecular weight is 137 g/mol. The predicted octanol–water partition coefficient (Wildman–Crippen LogP) is 1.53. The predicted molar refractivity (Wildman–Crippen MR) is 43.4 cm³/mol. The summed E-state index contributed by atoms with van der Waals surface area (Å²) < 4.78 is 0. The molecule has 0 aromatic rings. The van der Waals surface area contributed by atoms with Crippen LogP contribution in [0.1, 0.15) is 33.1 Å². The minimum Gasteiger partial charge on any atom is -0.326 e. The summed E-state index contributed by atoms with van der Waals surface area (Å²) in [6, 6.07) is 0.306. The highest BCUT2D eigenvalue weighted by molar-refractivity contribution is 5.05. The fourth-order valence-corrected chi connectivity index (χ4v) is 1.03. The molecule has 1 saturated carbocycles. The molecule has 1 nitrogen and oxygen atoms in total. The lowest BCUT2D eigenvalue weighted by Crippen LogP contribution is -2.28. The zero-order valence-corrected chi connectivity index (χ0v) is 6.78. The molecular formula is C9H15N. The van der Waals surface area contributed by atoms with Crippen molar-refractivity contribution in [1.82, 2.24) is 0 Å². The Morgan fingerprint density at radius 3 is 2.60 bits per heavy atom. The molecule has 10 heavy (non-hydrogen) atoms. The SMILES string of the molecule is CC#CCC(N)C1(C)CC1. The molecule has 0 amide bonds. The smallest absolute Gasteiger partial charge is 0.0246 e. The van der Waals surface area contributed by atoms with Gasteiger partial charge in [-0.25, -0.2) is 0 Å². The third-order valence-corrected chi connectivity index (χ3v) is 2.43. The molecule has 0 aliphatic heterocycles. The van der Waals surface area contributed by atoms with Crippen LogP contribution in [-0.2, 0) is 0 Å². The maximum atomic E-state index is 5.90. The molecule has 0 heterocycles. The summed E-state index contributed by atoms with van der Waals surface area (Å²) in [4.78, 5) is 0. The van der Waals surface area contributed by atoms with Gasteiger partial charge in [0, 0.05) is 12.5 Å². The highest BCUT2D eigenvalue weighted by Crippen LogP contribution is 2.47. The van der Waals surface area contributed by atoms with Crippen LogP contribution in [0.15, 0.2) is 0 Å². The third kappa shape index (κ3) is 1.52. The second kappa shape index (κ2) is 2.64. The summed E-state index contributed by atoms with van der Waals surface area (Å²) in [7, 11) is 0. The lowest BCUT2D eigenvalue weighted by atomic mass is 9.97. The van der Waals surface area contributed by atoms with E-state index in [9.17, 15) is 0 Å². The van der Waals surface area contributed by atoms with Crippen LogP contribution < -0.4 is 5.73 Å². The zero-order chi connectivity index (χ0) is 7.61. The molecule has 0 aromatic heterocycles. The molecular weight excluding hydrogens is 122 g/mol. The zero-order valence-electron chi connectivity index (χ0n) is 6.78. The van der Waals surface area contributed by atoms with Crippen LogP contribution in [0.3, 0.4) is 0 Å². The third-order valence-electron chi connectivity index (χ3n) is 2.43. The molecule has 1 heteroatoms. The Balaban J connectivity index is 2.32. The van der Waals surface area contributed by atoms with E-state index in [0.717, 1.165) is 6.42 Å². The first-order valence-electron chi connectivity index (χ1n) is 3.84. The quantitative estimate of drug-likeness (QED) is 0.574. The van der Waals surface area contributed by atoms with Gasteiger partial charge in [0.05, 0.1) is 0 Å². The Hall–Kier alpha value is -0.480. The van der Waals surface area contributed by atoms with Crippen molar-refractivity contribution in [2.24, 2.45) is 11.1 Å². The number of nitrogens with two attached hydrogens (primary N) is 1. The molecule has 0 bridgehead atoms. The lowest BCUT2D eigenvalue weighted by molar-refractivity contribution is 0.443. The molecule has 1 aliphatic carbocycles. The largest absolute Gasteiger partial charge is 0.326 e. The van der Waals surface area contributed by atoms with E-state index in [-0.39, 0.29) is 0 Å².